The fourth-order valence-corrected chi connectivity index (χ4v) is 8.91. The highest BCUT2D eigenvalue weighted by atomic mass is 16.3. The number of hydrogen-bond acceptors (Lipinski definition) is 3. The summed E-state index contributed by atoms with van der Waals surface area (Å²) in [7, 11) is 0. The second kappa shape index (κ2) is 63.8. The van der Waals surface area contributed by atoms with Crippen LogP contribution in [0.25, 0.3) is 0 Å². The van der Waals surface area contributed by atoms with Crippen molar-refractivity contribution in [1.29, 1.82) is 0 Å². The number of nitrogens with one attached hydrogen (secondary N) is 1. The van der Waals surface area contributed by atoms with Gasteiger partial charge in [0, 0.05) is 6.42 Å². The van der Waals surface area contributed by atoms with Gasteiger partial charge in [-0.25, -0.2) is 0 Å². The van der Waals surface area contributed by atoms with E-state index in [4.69, 9.17) is 0 Å². The van der Waals surface area contributed by atoms with Gasteiger partial charge in [0.25, 0.3) is 0 Å². The Kier molecular flexibility index (Phi) is 60.8. The average Bonchev–Trinajstić information content (AvgIpc) is 3.40. The maximum atomic E-state index is 12.5. The molecule has 422 valence electrons. The van der Waals surface area contributed by atoms with Gasteiger partial charge in [-0.2, -0.15) is 0 Å². The van der Waals surface area contributed by atoms with Crippen LogP contribution in [-0.4, -0.2) is 34.9 Å². The summed E-state index contributed by atoms with van der Waals surface area (Å²) in [5, 5.41) is 23.2. The number of aliphatic hydroxyl groups excluding tert-OH is 2. The molecule has 0 radical (unpaired) electrons. The van der Waals surface area contributed by atoms with Crippen LogP contribution in [0.3, 0.4) is 0 Å². The standard InChI is InChI=1S/C70H119NO3/c1-3-5-7-9-11-13-15-17-19-21-23-25-27-28-29-30-31-32-33-34-35-36-37-38-39-40-41-42-44-46-48-50-52-54-56-58-60-62-64-66-70(74)71-68(67-72)69(73)65-63-61-59-57-55-53-51-49-47-45-43-26-24-22-20-18-16-14-12-10-8-6-4-2/h5,7,11,13,17,19,23,25,28-29,31-32,34-35,37-38,40-41,44,46,63,65,68-69,72-73H,3-4,6,8-10,12,14-16,18,20-22,24,26-27,30,33,36,39,42-43,45,47-62,64,66-67H2,1-2H3,(H,71,74)/b7-5-,13-11-,19-17-,25-23-,29-28-,32-31-,35-34-,38-37-,41-40-,46-44-,65-63+. The van der Waals surface area contributed by atoms with Crippen molar-refractivity contribution in [2.24, 2.45) is 0 Å². The van der Waals surface area contributed by atoms with E-state index in [-0.39, 0.29) is 12.5 Å². The average molecular weight is 1020 g/mol. The first-order valence-corrected chi connectivity index (χ1v) is 31.4. The molecule has 0 aromatic rings. The molecule has 0 aliphatic heterocycles. The maximum absolute atomic E-state index is 12.5. The Labute approximate surface area is 460 Å². The molecule has 0 aliphatic rings. The molecular formula is C70H119NO3. The molecule has 0 bridgehead atoms. The van der Waals surface area contributed by atoms with Gasteiger partial charge in [0.05, 0.1) is 18.8 Å². The zero-order valence-corrected chi connectivity index (χ0v) is 48.6. The molecular weight excluding hydrogens is 903 g/mol. The Morgan fingerprint density at radius 1 is 0.338 bits per heavy atom. The van der Waals surface area contributed by atoms with Gasteiger partial charge in [0.2, 0.25) is 5.91 Å². The van der Waals surface area contributed by atoms with E-state index >= 15 is 0 Å². The zero-order valence-electron chi connectivity index (χ0n) is 48.6. The van der Waals surface area contributed by atoms with E-state index in [0.29, 0.717) is 6.42 Å². The summed E-state index contributed by atoms with van der Waals surface area (Å²) in [4.78, 5) is 12.5. The first-order chi connectivity index (χ1) is 36.7. The Hall–Kier alpha value is -3.47. The van der Waals surface area contributed by atoms with Crippen molar-refractivity contribution >= 4 is 5.91 Å². The normalized spacial score (nSPS) is 13.7. The number of carbonyl (C=O) groups is 1. The maximum Gasteiger partial charge on any atom is 0.220 e. The van der Waals surface area contributed by atoms with Gasteiger partial charge < -0.3 is 15.5 Å². The van der Waals surface area contributed by atoms with E-state index < -0.39 is 12.1 Å². The van der Waals surface area contributed by atoms with Gasteiger partial charge in [-0.1, -0.05) is 314 Å². The number of hydrogen-bond donors (Lipinski definition) is 3. The van der Waals surface area contributed by atoms with E-state index in [0.717, 1.165) is 103 Å². The molecule has 0 saturated heterocycles. The van der Waals surface area contributed by atoms with Crippen LogP contribution in [0.4, 0.5) is 0 Å². The third-order valence-corrected chi connectivity index (χ3v) is 13.6. The SMILES string of the molecule is CC/C=C\C/C=C\C/C=C\C/C=C\C/C=C\C/C=C\C/C=C\C/C=C\C/C=C\C/C=C\CCCCCCCCCCC(=O)NC(CO)C(O)/C=C/CCCCCCCCCCCCCCCCCCCCCCC. The molecule has 2 atom stereocenters. The minimum Gasteiger partial charge on any atom is -0.394 e. The molecule has 2 unspecified atom stereocenters. The fourth-order valence-electron chi connectivity index (χ4n) is 8.91. The molecule has 4 nitrogen and oxygen atoms in total. The highest BCUT2D eigenvalue weighted by molar-refractivity contribution is 5.76. The van der Waals surface area contributed by atoms with Gasteiger partial charge in [0.15, 0.2) is 0 Å². The van der Waals surface area contributed by atoms with Crippen molar-refractivity contribution < 1.29 is 15.0 Å². The second-order valence-electron chi connectivity index (χ2n) is 20.7. The molecule has 0 aromatic carbocycles. The van der Waals surface area contributed by atoms with Gasteiger partial charge in [-0.15, -0.1) is 0 Å². The monoisotopic (exact) mass is 1020 g/mol. The number of aliphatic hydroxyl groups is 2. The third kappa shape index (κ3) is 59.4. The lowest BCUT2D eigenvalue weighted by molar-refractivity contribution is -0.123. The number of unbranched alkanes of at least 4 members (excludes halogenated alkanes) is 29. The van der Waals surface area contributed by atoms with E-state index in [1.54, 1.807) is 6.08 Å². The predicted octanol–water partition coefficient (Wildman–Crippen LogP) is 21.4. The number of allylic oxidation sites excluding steroid dienone is 21. The summed E-state index contributed by atoms with van der Waals surface area (Å²) in [5.41, 5.74) is 0. The highest BCUT2D eigenvalue weighted by Crippen LogP contribution is 2.16. The van der Waals surface area contributed by atoms with Crippen LogP contribution in [0.15, 0.2) is 134 Å². The van der Waals surface area contributed by atoms with Crippen LogP contribution < -0.4 is 5.32 Å². The van der Waals surface area contributed by atoms with Crippen LogP contribution in [0.2, 0.25) is 0 Å². The van der Waals surface area contributed by atoms with Crippen molar-refractivity contribution in [1.82, 2.24) is 5.32 Å². The molecule has 0 aromatic heterocycles. The van der Waals surface area contributed by atoms with Crippen LogP contribution in [0, 0.1) is 0 Å². The molecule has 0 saturated carbocycles. The molecule has 0 aliphatic carbocycles. The number of amides is 1. The highest BCUT2D eigenvalue weighted by Gasteiger charge is 2.18. The predicted molar refractivity (Wildman–Crippen MR) is 331 cm³/mol. The van der Waals surface area contributed by atoms with E-state index in [1.807, 2.05) is 6.08 Å². The molecule has 3 N–H and O–H groups in total. The van der Waals surface area contributed by atoms with Crippen LogP contribution in [0.1, 0.15) is 284 Å². The van der Waals surface area contributed by atoms with Crippen molar-refractivity contribution in [3.63, 3.8) is 0 Å². The van der Waals surface area contributed by atoms with Gasteiger partial charge >= 0.3 is 0 Å². The Morgan fingerprint density at radius 3 is 0.892 bits per heavy atom. The smallest absolute Gasteiger partial charge is 0.220 e. The summed E-state index contributed by atoms with van der Waals surface area (Å²) in [6.07, 6.45) is 99.1. The minimum absolute atomic E-state index is 0.0754. The lowest BCUT2D eigenvalue weighted by Crippen LogP contribution is -2.45. The Bertz CT molecular complexity index is 1490. The summed E-state index contributed by atoms with van der Waals surface area (Å²) < 4.78 is 0. The topological polar surface area (TPSA) is 69.6 Å². The van der Waals surface area contributed by atoms with Crippen LogP contribution in [-0.2, 0) is 4.79 Å². The lowest BCUT2D eigenvalue weighted by atomic mass is 10.0. The first-order valence-electron chi connectivity index (χ1n) is 31.4. The summed E-state index contributed by atoms with van der Waals surface area (Å²) in [6, 6.07) is -0.637. The quantitative estimate of drug-likeness (QED) is 0.0420. The first kappa shape index (κ1) is 70.5. The van der Waals surface area contributed by atoms with E-state index in [2.05, 4.69) is 141 Å². The molecule has 4 heteroatoms. The summed E-state index contributed by atoms with van der Waals surface area (Å²) >= 11 is 0. The van der Waals surface area contributed by atoms with E-state index in [9.17, 15) is 15.0 Å². The Balaban J connectivity index is 3.61. The van der Waals surface area contributed by atoms with Crippen LogP contribution >= 0.6 is 0 Å². The third-order valence-electron chi connectivity index (χ3n) is 13.6. The minimum atomic E-state index is -0.853. The Morgan fingerprint density at radius 2 is 0.595 bits per heavy atom. The molecule has 74 heavy (non-hydrogen) atoms. The van der Waals surface area contributed by atoms with Crippen molar-refractivity contribution in [2.75, 3.05) is 6.61 Å². The summed E-state index contributed by atoms with van der Waals surface area (Å²) in [5.74, 6) is -0.0754. The largest absolute Gasteiger partial charge is 0.394 e. The van der Waals surface area contributed by atoms with Crippen LogP contribution in [0.5, 0.6) is 0 Å². The molecule has 1 amide bonds. The number of rotatable bonds is 56. The van der Waals surface area contributed by atoms with E-state index in [1.165, 1.54) is 161 Å². The molecule has 0 rings (SSSR count). The number of carbonyl (C=O) groups excluding carboxylic acids is 1. The van der Waals surface area contributed by atoms with Gasteiger partial charge in [-0.05, 0) is 96.3 Å². The molecule has 0 spiro atoms. The second-order valence-corrected chi connectivity index (χ2v) is 20.7. The molecule has 0 heterocycles. The summed E-state index contributed by atoms with van der Waals surface area (Å²) in [6.45, 7) is 4.20. The van der Waals surface area contributed by atoms with Gasteiger partial charge in [-0.3, -0.25) is 4.79 Å². The van der Waals surface area contributed by atoms with Crippen molar-refractivity contribution in [2.45, 2.75) is 296 Å². The zero-order chi connectivity index (χ0) is 53.4. The van der Waals surface area contributed by atoms with Crippen molar-refractivity contribution in [3.8, 4) is 0 Å². The molecule has 0 fully saturated rings. The van der Waals surface area contributed by atoms with Gasteiger partial charge in [0.1, 0.15) is 0 Å². The fraction of sp³-hybridized carbons (Fsp3) is 0.671. The van der Waals surface area contributed by atoms with Crippen molar-refractivity contribution in [3.05, 3.63) is 134 Å². The lowest BCUT2D eigenvalue weighted by Gasteiger charge is -2.20.